The Bertz CT molecular complexity index is 680. The molecule has 0 bridgehead atoms. The molecular formula is C21H25NO. The molecule has 23 heavy (non-hydrogen) atoms. The summed E-state index contributed by atoms with van der Waals surface area (Å²) in [6.45, 7) is 6.50. The Kier molecular flexibility index (Phi) is 5.82. The van der Waals surface area contributed by atoms with E-state index in [-0.39, 0.29) is 5.92 Å². The maximum Gasteiger partial charge on any atom is 0.123 e. The highest BCUT2D eigenvalue weighted by Crippen LogP contribution is 2.30. The van der Waals surface area contributed by atoms with Gasteiger partial charge in [-0.2, -0.15) is 5.26 Å². The normalized spacial score (nSPS) is 12.0. The van der Waals surface area contributed by atoms with E-state index in [1.165, 1.54) is 16.7 Å². The first kappa shape index (κ1) is 17.1. The van der Waals surface area contributed by atoms with Gasteiger partial charge in [-0.3, -0.25) is 0 Å². The van der Waals surface area contributed by atoms with Crippen LogP contribution in [0.1, 0.15) is 54.9 Å². The number of hydrogen-bond donors (Lipinski definition) is 0. The predicted molar refractivity (Wildman–Crippen MR) is 95.0 cm³/mol. The second kappa shape index (κ2) is 7.83. The largest absolute Gasteiger partial charge is 0.496 e. The van der Waals surface area contributed by atoms with Crippen LogP contribution in [0.5, 0.6) is 5.75 Å². The average molecular weight is 307 g/mol. The van der Waals surface area contributed by atoms with Crippen molar-refractivity contribution in [3.05, 3.63) is 64.7 Å². The van der Waals surface area contributed by atoms with Crippen LogP contribution in [-0.4, -0.2) is 7.11 Å². The van der Waals surface area contributed by atoms with Crippen molar-refractivity contribution < 1.29 is 4.74 Å². The lowest BCUT2D eigenvalue weighted by Gasteiger charge is -2.15. The van der Waals surface area contributed by atoms with E-state index in [2.05, 4.69) is 63.2 Å². The van der Waals surface area contributed by atoms with Crippen LogP contribution in [-0.2, 0) is 12.8 Å². The lowest BCUT2D eigenvalue weighted by atomic mass is 9.90. The molecule has 0 aliphatic heterocycles. The van der Waals surface area contributed by atoms with Crippen LogP contribution in [0.3, 0.4) is 0 Å². The van der Waals surface area contributed by atoms with E-state index in [1.807, 2.05) is 6.07 Å². The van der Waals surface area contributed by atoms with Crippen LogP contribution in [0.2, 0.25) is 0 Å². The maximum absolute atomic E-state index is 9.66. The quantitative estimate of drug-likeness (QED) is 0.732. The van der Waals surface area contributed by atoms with Gasteiger partial charge in [0.15, 0.2) is 0 Å². The predicted octanol–water partition coefficient (Wildman–Crippen LogP) is 5.23. The van der Waals surface area contributed by atoms with Crippen molar-refractivity contribution in [2.45, 2.75) is 45.4 Å². The smallest absolute Gasteiger partial charge is 0.123 e. The molecule has 0 fully saturated rings. The van der Waals surface area contributed by atoms with E-state index in [0.29, 0.717) is 12.3 Å². The van der Waals surface area contributed by atoms with Crippen LogP contribution in [0.15, 0.2) is 42.5 Å². The fourth-order valence-electron chi connectivity index (χ4n) is 2.78. The second-order valence-electron chi connectivity index (χ2n) is 6.21. The van der Waals surface area contributed by atoms with Crippen molar-refractivity contribution in [3.8, 4) is 11.8 Å². The molecule has 0 aromatic heterocycles. The van der Waals surface area contributed by atoms with Crippen molar-refractivity contribution >= 4 is 0 Å². The van der Waals surface area contributed by atoms with Crippen LogP contribution in [0.4, 0.5) is 0 Å². The third kappa shape index (κ3) is 4.13. The fraction of sp³-hybridized carbons (Fsp3) is 0.381. The first-order valence-electron chi connectivity index (χ1n) is 8.24. The lowest BCUT2D eigenvalue weighted by Crippen LogP contribution is -2.04. The topological polar surface area (TPSA) is 33.0 Å². The molecule has 0 N–H and O–H groups in total. The number of hydrogen-bond acceptors (Lipinski definition) is 2. The molecule has 0 saturated carbocycles. The van der Waals surface area contributed by atoms with Crippen molar-refractivity contribution in [1.82, 2.24) is 0 Å². The number of rotatable bonds is 6. The molecule has 0 aliphatic rings. The summed E-state index contributed by atoms with van der Waals surface area (Å²) < 4.78 is 5.46. The number of methoxy groups -OCH3 is 1. The van der Waals surface area contributed by atoms with E-state index in [9.17, 15) is 5.26 Å². The molecular weight excluding hydrogens is 282 g/mol. The Hall–Kier alpha value is -2.27. The lowest BCUT2D eigenvalue weighted by molar-refractivity contribution is 0.408. The summed E-state index contributed by atoms with van der Waals surface area (Å²) >= 11 is 0. The molecule has 0 aliphatic carbocycles. The van der Waals surface area contributed by atoms with Gasteiger partial charge in [-0.05, 0) is 41.5 Å². The molecule has 0 radical (unpaired) electrons. The van der Waals surface area contributed by atoms with E-state index in [4.69, 9.17) is 4.74 Å². The zero-order valence-electron chi connectivity index (χ0n) is 14.5. The van der Waals surface area contributed by atoms with Crippen molar-refractivity contribution in [2.75, 3.05) is 7.11 Å². The molecule has 2 nitrogen and oxygen atoms in total. The molecule has 1 unspecified atom stereocenters. The van der Waals surface area contributed by atoms with E-state index < -0.39 is 0 Å². The Balaban J connectivity index is 2.28. The summed E-state index contributed by atoms with van der Waals surface area (Å²) in [6.07, 6.45) is 1.66. The zero-order chi connectivity index (χ0) is 16.8. The van der Waals surface area contributed by atoms with Crippen molar-refractivity contribution in [3.63, 3.8) is 0 Å². The first-order valence-corrected chi connectivity index (χ1v) is 8.24. The number of nitrogens with zero attached hydrogens (tertiary/aromatic N) is 1. The molecule has 1 atom stereocenters. The molecule has 0 amide bonds. The van der Waals surface area contributed by atoms with Crippen molar-refractivity contribution in [2.24, 2.45) is 0 Å². The summed E-state index contributed by atoms with van der Waals surface area (Å²) in [5, 5.41) is 9.66. The van der Waals surface area contributed by atoms with Crippen LogP contribution in [0.25, 0.3) is 0 Å². The average Bonchev–Trinajstić information content (AvgIpc) is 2.59. The van der Waals surface area contributed by atoms with Gasteiger partial charge in [0.1, 0.15) is 5.75 Å². The van der Waals surface area contributed by atoms with Crippen LogP contribution < -0.4 is 4.74 Å². The highest BCUT2D eigenvalue weighted by molar-refractivity contribution is 5.43. The Morgan fingerprint density at radius 1 is 1.04 bits per heavy atom. The Morgan fingerprint density at radius 2 is 1.70 bits per heavy atom. The molecule has 2 aromatic rings. The summed E-state index contributed by atoms with van der Waals surface area (Å²) in [5.41, 5.74) is 4.73. The highest BCUT2D eigenvalue weighted by Gasteiger charge is 2.17. The van der Waals surface area contributed by atoms with E-state index in [0.717, 1.165) is 17.7 Å². The van der Waals surface area contributed by atoms with Crippen molar-refractivity contribution in [1.29, 1.82) is 5.26 Å². The first-order chi connectivity index (χ1) is 11.1. The summed E-state index contributed by atoms with van der Waals surface area (Å²) in [4.78, 5) is 0. The maximum atomic E-state index is 9.66. The van der Waals surface area contributed by atoms with Gasteiger partial charge in [-0.1, -0.05) is 57.2 Å². The van der Waals surface area contributed by atoms with Gasteiger partial charge in [0.25, 0.3) is 0 Å². The molecule has 120 valence electrons. The third-order valence-electron chi connectivity index (χ3n) is 4.32. The number of ether oxygens (including phenoxy) is 1. The van der Waals surface area contributed by atoms with Gasteiger partial charge in [0.05, 0.1) is 19.1 Å². The zero-order valence-corrected chi connectivity index (χ0v) is 14.5. The minimum absolute atomic E-state index is 0.193. The summed E-state index contributed by atoms with van der Waals surface area (Å²) in [5.74, 6) is 1.13. The molecule has 0 spiro atoms. The van der Waals surface area contributed by atoms with E-state index >= 15 is 0 Å². The SMILES string of the molecule is CCc1ccc(OC)c(C(C#N)Cc2ccc(C(C)C)cc2)c1. The number of nitriles is 1. The summed E-state index contributed by atoms with van der Waals surface area (Å²) in [7, 11) is 1.66. The third-order valence-corrected chi connectivity index (χ3v) is 4.32. The van der Waals surface area contributed by atoms with Crippen LogP contribution >= 0.6 is 0 Å². The van der Waals surface area contributed by atoms with E-state index in [1.54, 1.807) is 7.11 Å². The monoisotopic (exact) mass is 307 g/mol. The number of benzene rings is 2. The fourth-order valence-corrected chi connectivity index (χ4v) is 2.78. The minimum Gasteiger partial charge on any atom is -0.496 e. The summed E-state index contributed by atoms with van der Waals surface area (Å²) in [6, 6.07) is 17.2. The van der Waals surface area contributed by atoms with Gasteiger partial charge >= 0.3 is 0 Å². The second-order valence-corrected chi connectivity index (χ2v) is 6.21. The Labute approximate surface area is 139 Å². The Morgan fingerprint density at radius 3 is 2.22 bits per heavy atom. The van der Waals surface area contributed by atoms with Gasteiger partial charge in [0, 0.05) is 5.56 Å². The molecule has 2 aromatic carbocycles. The number of aryl methyl sites for hydroxylation is 1. The van der Waals surface area contributed by atoms with Crippen LogP contribution in [0, 0.1) is 11.3 Å². The van der Waals surface area contributed by atoms with Gasteiger partial charge in [0.2, 0.25) is 0 Å². The van der Waals surface area contributed by atoms with Gasteiger partial charge in [-0.25, -0.2) is 0 Å². The standard InChI is InChI=1S/C21H25NO/c1-5-16-8-11-21(23-4)20(13-16)19(14-22)12-17-6-9-18(10-7-17)15(2)3/h6-11,13,15,19H,5,12H2,1-4H3. The molecule has 0 saturated heterocycles. The molecule has 0 heterocycles. The highest BCUT2D eigenvalue weighted by atomic mass is 16.5. The van der Waals surface area contributed by atoms with Gasteiger partial charge < -0.3 is 4.74 Å². The molecule has 2 rings (SSSR count). The minimum atomic E-state index is -0.193. The van der Waals surface area contributed by atoms with Gasteiger partial charge in [-0.15, -0.1) is 0 Å². The molecule has 2 heteroatoms.